The van der Waals surface area contributed by atoms with Gasteiger partial charge in [0.15, 0.2) is 5.78 Å². The van der Waals surface area contributed by atoms with E-state index in [9.17, 15) is 9.90 Å². The van der Waals surface area contributed by atoms with Crippen LogP contribution < -0.4 is 0 Å². The Morgan fingerprint density at radius 3 is 1.91 bits per heavy atom. The van der Waals surface area contributed by atoms with Gasteiger partial charge in [0, 0.05) is 29.5 Å². The largest absolute Gasteiger partial charge is 0.507 e. The quantitative estimate of drug-likeness (QED) is 0.611. The number of phenolic OH excluding ortho intramolecular Hbond substituents is 1. The summed E-state index contributed by atoms with van der Waals surface area (Å²) < 4.78 is 0. The molecule has 2 heteroatoms. The molecular weight excluding hydrogens is 284 g/mol. The highest BCUT2D eigenvalue weighted by Crippen LogP contribution is 2.40. The van der Waals surface area contributed by atoms with Crippen molar-refractivity contribution in [2.24, 2.45) is 5.92 Å². The number of rotatable bonds is 4. The summed E-state index contributed by atoms with van der Waals surface area (Å²) in [5.41, 5.74) is 1.84. The van der Waals surface area contributed by atoms with E-state index in [4.69, 9.17) is 6.42 Å². The molecule has 0 amide bonds. The summed E-state index contributed by atoms with van der Waals surface area (Å²) in [5.74, 6) is 3.17. The number of carbonyl (C=O) groups excluding carboxylic acids is 1. The second kappa shape index (κ2) is 6.79. The van der Waals surface area contributed by atoms with Crippen molar-refractivity contribution in [3.63, 3.8) is 0 Å². The van der Waals surface area contributed by atoms with Gasteiger partial charge in [-0.3, -0.25) is 4.79 Å². The van der Waals surface area contributed by atoms with Gasteiger partial charge in [0.05, 0.1) is 0 Å². The predicted octanol–water partition coefficient (Wildman–Crippen LogP) is 5.22. The number of hydrogen-bond donors (Lipinski definition) is 1. The molecule has 23 heavy (non-hydrogen) atoms. The third kappa shape index (κ3) is 4.86. The molecule has 2 nitrogen and oxygen atoms in total. The third-order valence-corrected chi connectivity index (χ3v) is 4.05. The van der Waals surface area contributed by atoms with E-state index in [0.29, 0.717) is 24.2 Å². The van der Waals surface area contributed by atoms with Crippen LogP contribution in [0, 0.1) is 18.3 Å². The fraction of sp³-hybridized carbons (Fsp3) is 0.571. The Hall–Kier alpha value is -1.75. The van der Waals surface area contributed by atoms with E-state index in [-0.39, 0.29) is 22.5 Å². The number of Topliss-reactive ketones (excluding diaryl/α,β-unsaturated/α-hetero) is 1. The van der Waals surface area contributed by atoms with E-state index >= 15 is 0 Å². The van der Waals surface area contributed by atoms with Crippen molar-refractivity contribution in [1.82, 2.24) is 0 Å². The van der Waals surface area contributed by atoms with E-state index < -0.39 is 0 Å². The first-order valence-corrected chi connectivity index (χ1v) is 8.22. The van der Waals surface area contributed by atoms with Gasteiger partial charge in [-0.2, -0.15) is 0 Å². The van der Waals surface area contributed by atoms with Crippen molar-refractivity contribution >= 4 is 5.78 Å². The summed E-state index contributed by atoms with van der Waals surface area (Å²) in [7, 11) is 0. The van der Waals surface area contributed by atoms with Crippen LogP contribution in [0.2, 0.25) is 0 Å². The molecular formula is C21H30O2. The number of ketones is 1. The van der Waals surface area contributed by atoms with Crippen molar-refractivity contribution in [1.29, 1.82) is 0 Å². The Kier molecular flexibility index (Phi) is 5.69. The standard InChI is InChI=1S/C21H30O2/c1-9-10-14(2)11-18(22)15-12-16(20(3,4)5)19(23)17(13-15)21(6,7)8/h1,12-14,23H,10-11H2,2-8H3. The zero-order valence-corrected chi connectivity index (χ0v) is 15.6. The lowest BCUT2D eigenvalue weighted by Gasteiger charge is -2.28. The summed E-state index contributed by atoms with van der Waals surface area (Å²) in [5, 5.41) is 10.7. The first kappa shape index (κ1) is 19.3. The number of benzene rings is 1. The Morgan fingerprint density at radius 2 is 1.57 bits per heavy atom. The average Bonchev–Trinajstić information content (AvgIpc) is 2.36. The minimum absolute atomic E-state index is 0.0868. The van der Waals surface area contributed by atoms with Crippen molar-refractivity contribution in [2.75, 3.05) is 0 Å². The van der Waals surface area contributed by atoms with Crippen LogP contribution in [0.25, 0.3) is 0 Å². The van der Waals surface area contributed by atoms with Crippen LogP contribution in [0.15, 0.2) is 12.1 Å². The normalized spacial score (nSPS) is 13.5. The van der Waals surface area contributed by atoms with Crippen LogP contribution in [-0.2, 0) is 10.8 Å². The van der Waals surface area contributed by atoms with E-state index in [1.165, 1.54) is 0 Å². The molecule has 1 rings (SSSR count). The molecule has 0 bridgehead atoms. The van der Waals surface area contributed by atoms with Crippen LogP contribution in [0.1, 0.15) is 82.8 Å². The van der Waals surface area contributed by atoms with Gasteiger partial charge in [-0.05, 0) is 28.9 Å². The molecule has 0 saturated carbocycles. The minimum atomic E-state index is -0.231. The number of phenols is 1. The van der Waals surface area contributed by atoms with E-state index in [1.807, 2.05) is 60.6 Å². The molecule has 0 aliphatic carbocycles. The van der Waals surface area contributed by atoms with Crippen LogP contribution in [0.4, 0.5) is 0 Å². The molecule has 0 fully saturated rings. The van der Waals surface area contributed by atoms with Gasteiger partial charge in [-0.1, -0.05) is 48.5 Å². The van der Waals surface area contributed by atoms with Gasteiger partial charge in [0.1, 0.15) is 5.75 Å². The molecule has 0 aliphatic rings. The molecule has 0 spiro atoms. The minimum Gasteiger partial charge on any atom is -0.507 e. The molecule has 126 valence electrons. The van der Waals surface area contributed by atoms with Gasteiger partial charge in [-0.25, -0.2) is 0 Å². The average molecular weight is 314 g/mol. The Balaban J connectivity index is 3.40. The van der Waals surface area contributed by atoms with Gasteiger partial charge < -0.3 is 5.11 Å². The summed E-state index contributed by atoms with van der Waals surface area (Å²) in [6.07, 6.45) is 6.36. The summed E-state index contributed by atoms with van der Waals surface area (Å²) >= 11 is 0. The lowest BCUT2D eigenvalue weighted by atomic mass is 9.77. The maximum absolute atomic E-state index is 12.6. The summed E-state index contributed by atoms with van der Waals surface area (Å²) in [6, 6.07) is 3.69. The SMILES string of the molecule is C#CCC(C)CC(=O)c1cc(C(C)(C)C)c(O)c(C(C)(C)C)c1. The second-order valence-electron chi connectivity index (χ2n) is 8.56. The highest BCUT2D eigenvalue weighted by molar-refractivity contribution is 5.97. The number of terminal acetylenes is 1. The monoisotopic (exact) mass is 314 g/mol. The Morgan fingerprint density at radius 1 is 1.13 bits per heavy atom. The molecule has 0 saturated heterocycles. The van der Waals surface area contributed by atoms with Crippen LogP contribution >= 0.6 is 0 Å². The molecule has 0 heterocycles. The summed E-state index contributed by atoms with van der Waals surface area (Å²) in [6.45, 7) is 14.3. The highest BCUT2D eigenvalue weighted by atomic mass is 16.3. The van der Waals surface area contributed by atoms with Crippen molar-refractivity contribution in [3.05, 3.63) is 28.8 Å². The highest BCUT2D eigenvalue weighted by Gasteiger charge is 2.27. The lowest BCUT2D eigenvalue weighted by Crippen LogP contribution is -2.19. The molecule has 1 unspecified atom stereocenters. The molecule has 1 aromatic carbocycles. The van der Waals surface area contributed by atoms with Gasteiger partial charge in [0.2, 0.25) is 0 Å². The Bertz CT molecular complexity index is 584. The van der Waals surface area contributed by atoms with E-state index in [1.54, 1.807) is 0 Å². The lowest BCUT2D eigenvalue weighted by molar-refractivity contribution is 0.0965. The van der Waals surface area contributed by atoms with Crippen LogP contribution in [0.5, 0.6) is 5.75 Å². The molecule has 1 aromatic rings. The molecule has 1 atom stereocenters. The van der Waals surface area contributed by atoms with Gasteiger partial charge >= 0.3 is 0 Å². The van der Waals surface area contributed by atoms with Crippen LogP contribution in [-0.4, -0.2) is 10.9 Å². The topological polar surface area (TPSA) is 37.3 Å². The van der Waals surface area contributed by atoms with Crippen molar-refractivity contribution < 1.29 is 9.90 Å². The van der Waals surface area contributed by atoms with Gasteiger partial charge in [0.25, 0.3) is 0 Å². The maximum atomic E-state index is 12.6. The number of hydrogen-bond acceptors (Lipinski definition) is 2. The number of carbonyl (C=O) groups is 1. The smallest absolute Gasteiger partial charge is 0.163 e. The Labute approximate surface area is 141 Å². The molecule has 0 aromatic heterocycles. The van der Waals surface area contributed by atoms with Crippen molar-refractivity contribution in [3.8, 4) is 18.1 Å². The second-order valence-corrected chi connectivity index (χ2v) is 8.56. The number of aromatic hydroxyl groups is 1. The van der Waals surface area contributed by atoms with Gasteiger partial charge in [-0.15, -0.1) is 12.3 Å². The fourth-order valence-electron chi connectivity index (χ4n) is 2.65. The fourth-order valence-corrected chi connectivity index (χ4v) is 2.65. The van der Waals surface area contributed by atoms with E-state index in [0.717, 1.165) is 11.1 Å². The van der Waals surface area contributed by atoms with Crippen LogP contribution in [0.3, 0.4) is 0 Å². The molecule has 0 aliphatic heterocycles. The third-order valence-electron chi connectivity index (χ3n) is 4.05. The maximum Gasteiger partial charge on any atom is 0.163 e. The van der Waals surface area contributed by atoms with E-state index in [2.05, 4.69) is 5.92 Å². The molecule has 0 radical (unpaired) electrons. The summed E-state index contributed by atoms with van der Waals surface area (Å²) in [4.78, 5) is 12.6. The first-order valence-electron chi connectivity index (χ1n) is 8.22. The first-order chi connectivity index (χ1) is 10.4. The van der Waals surface area contributed by atoms with Crippen molar-refractivity contribution in [2.45, 2.75) is 72.1 Å². The zero-order chi connectivity index (χ0) is 18.0. The zero-order valence-electron chi connectivity index (χ0n) is 15.6. The predicted molar refractivity (Wildman–Crippen MR) is 97.1 cm³/mol. The molecule has 1 N–H and O–H groups in total.